The number of aliphatic hydroxyl groups excluding tert-OH is 1. The molecule has 1 N–H and O–H groups in total. The molecular formula is C13H10Br2O2S. The summed E-state index contributed by atoms with van der Waals surface area (Å²) in [7, 11) is 0. The molecule has 0 amide bonds. The maximum Gasteiger partial charge on any atom is 0.136 e. The van der Waals surface area contributed by atoms with E-state index in [0.29, 0.717) is 6.42 Å². The van der Waals surface area contributed by atoms with Crippen LogP contribution in [0, 0.1) is 0 Å². The van der Waals surface area contributed by atoms with Crippen molar-refractivity contribution >= 4 is 43.2 Å². The number of hydrogen-bond acceptors (Lipinski definition) is 3. The molecule has 2 heterocycles. The zero-order chi connectivity index (χ0) is 12.7. The van der Waals surface area contributed by atoms with Crippen LogP contribution in [-0.4, -0.2) is 5.11 Å². The lowest BCUT2D eigenvalue weighted by Gasteiger charge is -2.29. The van der Waals surface area contributed by atoms with Crippen LogP contribution in [0.15, 0.2) is 38.6 Å². The normalized spacial score (nSPS) is 22.4. The Hall–Kier alpha value is -0.360. The third-order valence-corrected chi connectivity index (χ3v) is 5.16. The van der Waals surface area contributed by atoms with Crippen LogP contribution in [0.3, 0.4) is 0 Å². The molecule has 0 radical (unpaired) electrons. The molecule has 1 aromatic heterocycles. The molecule has 0 aliphatic carbocycles. The van der Waals surface area contributed by atoms with Gasteiger partial charge in [-0.1, -0.05) is 22.0 Å². The highest BCUT2D eigenvalue weighted by molar-refractivity contribution is 9.11. The Labute approximate surface area is 126 Å². The predicted octanol–water partition coefficient (Wildman–Crippen LogP) is 4.83. The second-order valence-corrected chi connectivity index (χ2v) is 7.59. The van der Waals surface area contributed by atoms with Gasteiger partial charge in [0.05, 0.1) is 9.89 Å². The van der Waals surface area contributed by atoms with E-state index in [4.69, 9.17) is 4.74 Å². The van der Waals surface area contributed by atoms with Crippen LogP contribution in [-0.2, 0) is 0 Å². The summed E-state index contributed by atoms with van der Waals surface area (Å²) < 4.78 is 8.02. The molecule has 0 saturated carbocycles. The molecule has 3 rings (SSSR count). The van der Waals surface area contributed by atoms with Crippen molar-refractivity contribution in [3.8, 4) is 5.75 Å². The monoisotopic (exact) mass is 388 g/mol. The Kier molecular flexibility index (Phi) is 3.49. The highest BCUT2D eigenvalue weighted by Gasteiger charge is 2.28. The summed E-state index contributed by atoms with van der Waals surface area (Å²) in [5.74, 6) is 0.762. The van der Waals surface area contributed by atoms with Crippen molar-refractivity contribution in [2.75, 3.05) is 0 Å². The molecule has 2 atom stereocenters. The Morgan fingerprint density at radius 3 is 2.78 bits per heavy atom. The molecule has 5 heteroatoms. The third-order valence-electron chi connectivity index (χ3n) is 2.95. The average molecular weight is 390 g/mol. The topological polar surface area (TPSA) is 29.5 Å². The third kappa shape index (κ3) is 2.37. The van der Waals surface area contributed by atoms with E-state index in [1.54, 1.807) is 11.3 Å². The molecule has 1 aliphatic rings. The first kappa shape index (κ1) is 12.7. The van der Waals surface area contributed by atoms with Crippen LogP contribution in [0.5, 0.6) is 5.75 Å². The summed E-state index contributed by atoms with van der Waals surface area (Å²) in [5, 5.41) is 10.2. The second-order valence-electron chi connectivity index (χ2n) is 4.18. The highest BCUT2D eigenvalue weighted by Crippen LogP contribution is 2.43. The fourth-order valence-electron chi connectivity index (χ4n) is 2.09. The SMILES string of the molecule is O[C@@H]1CC(c2ccc(Br)s2)Oc2cc(Br)ccc21. The van der Waals surface area contributed by atoms with Crippen molar-refractivity contribution in [3.05, 3.63) is 49.0 Å². The maximum atomic E-state index is 10.2. The molecule has 1 aromatic carbocycles. The molecule has 2 aromatic rings. The zero-order valence-electron chi connectivity index (χ0n) is 9.27. The minimum atomic E-state index is -0.465. The van der Waals surface area contributed by atoms with Gasteiger partial charge in [0, 0.05) is 21.3 Å². The number of hydrogen-bond donors (Lipinski definition) is 1. The van der Waals surface area contributed by atoms with Crippen LogP contribution < -0.4 is 4.74 Å². The van der Waals surface area contributed by atoms with E-state index in [1.165, 1.54) is 0 Å². The van der Waals surface area contributed by atoms with E-state index in [-0.39, 0.29) is 6.10 Å². The summed E-state index contributed by atoms with van der Waals surface area (Å²) in [5.41, 5.74) is 0.866. The molecule has 1 aliphatic heterocycles. The summed E-state index contributed by atoms with van der Waals surface area (Å²) in [4.78, 5) is 1.13. The highest BCUT2D eigenvalue weighted by atomic mass is 79.9. The van der Waals surface area contributed by atoms with Gasteiger partial charge in [-0.3, -0.25) is 0 Å². The van der Waals surface area contributed by atoms with E-state index in [9.17, 15) is 5.11 Å². The van der Waals surface area contributed by atoms with E-state index >= 15 is 0 Å². The van der Waals surface area contributed by atoms with E-state index in [0.717, 1.165) is 24.4 Å². The molecule has 0 fully saturated rings. The minimum absolute atomic E-state index is 0.0712. The number of halogens is 2. The molecule has 94 valence electrons. The zero-order valence-corrected chi connectivity index (χ0v) is 13.3. The van der Waals surface area contributed by atoms with Gasteiger partial charge in [-0.15, -0.1) is 11.3 Å². The van der Waals surface area contributed by atoms with Crippen molar-refractivity contribution in [2.45, 2.75) is 18.6 Å². The van der Waals surface area contributed by atoms with E-state index in [1.807, 2.05) is 30.3 Å². The molecule has 2 nitrogen and oxygen atoms in total. The van der Waals surface area contributed by atoms with E-state index < -0.39 is 6.10 Å². The van der Waals surface area contributed by atoms with Crippen LogP contribution in [0.1, 0.15) is 29.1 Å². The number of ether oxygens (including phenoxy) is 1. The molecule has 1 unspecified atom stereocenters. The first-order valence-corrected chi connectivity index (χ1v) is 7.93. The van der Waals surface area contributed by atoms with Gasteiger partial charge in [0.15, 0.2) is 0 Å². The van der Waals surface area contributed by atoms with Crippen molar-refractivity contribution in [1.29, 1.82) is 0 Å². The number of benzene rings is 1. The molecule has 0 bridgehead atoms. The van der Waals surface area contributed by atoms with Gasteiger partial charge in [0.1, 0.15) is 11.9 Å². The second kappa shape index (κ2) is 4.96. The minimum Gasteiger partial charge on any atom is -0.484 e. The fraction of sp³-hybridized carbons (Fsp3) is 0.231. The Bertz CT molecular complexity index is 582. The lowest BCUT2D eigenvalue weighted by Crippen LogP contribution is -2.18. The summed E-state index contributed by atoms with van der Waals surface area (Å²) in [6, 6.07) is 9.78. The van der Waals surface area contributed by atoms with Crippen molar-refractivity contribution < 1.29 is 9.84 Å². The van der Waals surface area contributed by atoms with Gasteiger partial charge in [0.2, 0.25) is 0 Å². The Morgan fingerprint density at radius 2 is 2.06 bits per heavy atom. The van der Waals surface area contributed by atoms with Crippen LogP contribution >= 0.6 is 43.2 Å². The Balaban J connectivity index is 1.95. The summed E-state index contributed by atoms with van der Waals surface area (Å²) in [6.07, 6.45) is 0.0625. The number of aliphatic hydroxyl groups is 1. The molecule has 18 heavy (non-hydrogen) atoms. The maximum absolute atomic E-state index is 10.2. The van der Waals surface area contributed by atoms with Crippen molar-refractivity contribution in [3.63, 3.8) is 0 Å². The first-order chi connectivity index (χ1) is 8.63. The van der Waals surface area contributed by atoms with Gasteiger partial charge in [-0.25, -0.2) is 0 Å². The quantitative estimate of drug-likeness (QED) is 0.756. The van der Waals surface area contributed by atoms with Crippen molar-refractivity contribution in [1.82, 2.24) is 0 Å². The number of thiophene rings is 1. The standard InChI is InChI=1S/C13H10Br2O2S/c14-7-1-2-8-9(16)6-11(17-10(8)5-7)12-3-4-13(15)18-12/h1-5,9,11,16H,6H2/t9-,11?/m1/s1. The molecule has 0 saturated heterocycles. The van der Waals surface area contributed by atoms with Gasteiger partial charge in [-0.2, -0.15) is 0 Å². The number of rotatable bonds is 1. The lowest BCUT2D eigenvalue weighted by molar-refractivity contribution is 0.0674. The summed E-state index contributed by atoms with van der Waals surface area (Å²) in [6.45, 7) is 0. The van der Waals surface area contributed by atoms with Crippen LogP contribution in [0.25, 0.3) is 0 Å². The van der Waals surface area contributed by atoms with Gasteiger partial charge in [-0.05, 0) is 40.2 Å². The first-order valence-electron chi connectivity index (χ1n) is 5.53. The van der Waals surface area contributed by atoms with Gasteiger partial charge < -0.3 is 9.84 Å². The predicted molar refractivity (Wildman–Crippen MR) is 79.1 cm³/mol. The van der Waals surface area contributed by atoms with Gasteiger partial charge in [0.25, 0.3) is 0 Å². The van der Waals surface area contributed by atoms with Crippen LogP contribution in [0.4, 0.5) is 0 Å². The summed E-state index contributed by atoms with van der Waals surface area (Å²) >= 11 is 8.52. The van der Waals surface area contributed by atoms with E-state index in [2.05, 4.69) is 31.9 Å². The molecular weight excluding hydrogens is 380 g/mol. The average Bonchev–Trinajstić information content (AvgIpc) is 2.75. The van der Waals surface area contributed by atoms with Crippen molar-refractivity contribution in [2.24, 2.45) is 0 Å². The number of fused-ring (bicyclic) bond motifs is 1. The van der Waals surface area contributed by atoms with Crippen LogP contribution in [0.2, 0.25) is 0 Å². The molecule has 0 spiro atoms. The Morgan fingerprint density at radius 1 is 1.22 bits per heavy atom. The lowest BCUT2D eigenvalue weighted by atomic mass is 9.98. The van der Waals surface area contributed by atoms with Gasteiger partial charge >= 0.3 is 0 Å². The largest absolute Gasteiger partial charge is 0.484 e. The fourth-order valence-corrected chi connectivity index (χ4v) is 3.90. The smallest absolute Gasteiger partial charge is 0.136 e.